The van der Waals surface area contributed by atoms with Crippen LogP contribution in [-0.2, 0) is 4.74 Å². The van der Waals surface area contributed by atoms with Crippen LogP contribution in [0.2, 0.25) is 0 Å². The zero-order valence-electron chi connectivity index (χ0n) is 10.7. The van der Waals surface area contributed by atoms with Gasteiger partial charge in [0.2, 0.25) is 0 Å². The molecule has 0 aliphatic carbocycles. The fourth-order valence-corrected chi connectivity index (χ4v) is 2.04. The topological polar surface area (TPSA) is 26.3 Å². The van der Waals surface area contributed by atoms with Crippen molar-refractivity contribution in [3.8, 4) is 0 Å². The van der Waals surface area contributed by atoms with E-state index in [1.54, 1.807) is 12.1 Å². The van der Waals surface area contributed by atoms with Crippen molar-refractivity contribution < 1.29 is 9.53 Å². The van der Waals surface area contributed by atoms with Crippen LogP contribution in [-0.4, -0.2) is 5.97 Å². The zero-order valence-corrected chi connectivity index (χ0v) is 12.9. The van der Waals surface area contributed by atoms with Crippen molar-refractivity contribution in [2.24, 2.45) is 0 Å². The van der Waals surface area contributed by atoms with Gasteiger partial charge in [0, 0.05) is 10.5 Å². The maximum Gasteiger partial charge on any atom is 0.343 e. The van der Waals surface area contributed by atoms with E-state index in [4.69, 9.17) is 4.74 Å². The monoisotopic (exact) mass is 358 g/mol. The molecule has 1 aromatic carbocycles. The third-order valence-corrected chi connectivity index (χ3v) is 3.33. The Morgan fingerprint density at radius 2 is 1.94 bits per heavy atom. The number of carbonyl (C=O) groups is 1. The van der Waals surface area contributed by atoms with E-state index < -0.39 is 0 Å². The first-order valence-corrected chi connectivity index (χ1v) is 7.59. The summed E-state index contributed by atoms with van der Waals surface area (Å²) in [4.78, 5) is 11.8. The van der Waals surface area contributed by atoms with Crippen LogP contribution in [0.3, 0.4) is 0 Å². The van der Waals surface area contributed by atoms with E-state index in [1.807, 2.05) is 22.3 Å². The van der Waals surface area contributed by atoms with Crippen molar-refractivity contribution in [3.05, 3.63) is 45.7 Å². The second-order valence-electron chi connectivity index (χ2n) is 4.14. The Bertz CT molecular complexity index is 385. The Kier molecular flexibility index (Phi) is 7.73. The summed E-state index contributed by atoms with van der Waals surface area (Å²) in [5.74, 6) is 0.495. The summed E-state index contributed by atoms with van der Waals surface area (Å²) in [7, 11) is 0. The first-order valence-electron chi connectivity index (χ1n) is 6.34. The van der Waals surface area contributed by atoms with Gasteiger partial charge < -0.3 is 4.74 Å². The molecule has 2 nitrogen and oxygen atoms in total. The van der Waals surface area contributed by atoms with E-state index in [2.05, 4.69) is 29.5 Å². The lowest BCUT2D eigenvalue weighted by Gasteiger charge is -2.07. The van der Waals surface area contributed by atoms with Gasteiger partial charge in [-0.25, -0.2) is 4.79 Å². The van der Waals surface area contributed by atoms with Crippen molar-refractivity contribution in [1.82, 2.24) is 0 Å². The fourth-order valence-electron chi connectivity index (χ4n) is 1.61. The first kappa shape index (κ1) is 15.2. The van der Waals surface area contributed by atoms with Crippen LogP contribution in [0.5, 0.6) is 0 Å². The van der Waals surface area contributed by atoms with Crippen LogP contribution < -0.4 is 0 Å². The highest BCUT2D eigenvalue weighted by atomic mass is 127. The lowest BCUT2D eigenvalue weighted by molar-refractivity contribution is 0.0614. The molecule has 0 unspecified atom stereocenters. The average Bonchev–Trinajstić information content (AvgIpc) is 2.43. The van der Waals surface area contributed by atoms with Gasteiger partial charge in [0.25, 0.3) is 0 Å². The minimum atomic E-state index is -0.269. The third-order valence-electron chi connectivity index (χ3n) is 2.63. The predicted molar refractivity (Wildman–Crippen MR) is 82.7 cm³/mol. The number of ether oxygens (including phenoxy) is 1. The Labute approximate surface area is 123 Å². The Morgan fingerprint density at radius 3 is 2.56 bits per heavy atom. The molecule has 0 atom stereocenters. The summed E-state index contributed by atoms with van der Waals surface area (Å²) in [5, 5.41) is 0. The Morgan fingerprint density at radius 1 is 1.22 bits per heavy atom. The average molecular weight is 358 g/mol. The molecule has 98 valence electrons. The van der Waals surface area contributed by atoms with Gasteiger partial charge in [-0.3, -0.25) is 0 Å². The maximum atomic E-state index is 11.8. The molecule has 0 radical (unpaired) electrons. The van der Waals surface area contributed by atoms with Gasteiger partial charge in [-0.2, -0.15) is 0 Å². The van der Waals surface area contributed by atoms with E-state index in [9.17, 15) is 4.79 Å². The van der Waals surface area contributed by atoms with E-state index in [-0.39, 0.29) is 5.97 Å². The number of halogens is 1. The minimum absolute atomic E-state index is 0.269. The fraction of sp³-hybridized carbons (Fsp3) is 0.400. The number of hydrogen-bond donors (Lipinski definition) is 0. The third kappa shape index (κ3) is 5.67. The number of carbonyl (C=O) groups excluding carboxylic acids is 1. The number of rotatable bonds is 7. The van der Waals surface area contributed by atoms with Gasteiger partial charge in [0.15, 0.2) is 0 Å². The highest BCUT2D eigenvalue weighted by Gasteiger charge is 2.09. The van der Waals surface area contributed by atoms with Crippen LogP contribution in [0, 0.1) is 0 Å². The molecule has 0 N–H and O–H groups in total. The summed E-state index contributed by atoms with van der Waals surface area (Å²) < 4.78 is 7.23. The molecule has 0 aliphatic heterocycles. The second kappa shape index (κ2) is 9.14. The highest BCUT2D eigenvalue weighted by Crippen LogP contribution is 2.15. The molecule has 1 rings (SSSR count). The highest BCUT2D eigenvalue weighted by molar-refractivity contribution is 14.1. The molecule has 0 amide bonds. The largest absolute Gasteiger partial charge is 0.427 e. The van der Waals surface area contributed by atoms with E-state index >= 15 is 0 Å². The number of esters is 1. The maximum absolute atomic E-state index is 11.8. The molecule has 1 aromatic rings. The molecule has 0 spiro atoms. The van der Waals surface area contributed by atoms with Gasteiger partial charge in [-0.05, 0) is 41.1 Å². The van der Waals surface area contributed by atoms with E-state index in [0.717, 1.165) is 18.6 Å². The van der Waals surface area contributed by atoms with E-state index in [0.29, 0.717) is 5.56 Å². The van der Waals surface area contributed by atoms with Crippen molar-refractivity contribution in [2.75, 3.05) is 0 Å². The molecule has 0 saturated heterocycles. The number of hydrogen-bond acceptors (Lipinski definition) is 2. The van der Waals surface area contributed by atoms with Crippen molar-refractivity contribution in [3.63, 3.8) is 0 Å². The molecule has 18 heavy (non-hydrogen) atoms. The van der Waals surface area contributed by atoms with Crippen LogP contribution in [0.1, 0.15) is 49.4 Å². The zero-order chi connectivity index (χ0) is 13.2. The lowest BCUT2D eigenvalue weighted by atomic mass is 10.1. The SMILES string of the molecule is CCCCCC/C(=C/I)OC(=O)c1ccccc1. The summed E-state index contributed by atoms with van der Waals surface area (Å²) >= 11 is 2.12. The van der Waals surface area contributed by atoms with Crippen LogP contribution in [0.25, 0.3) is 0 Å². The van der Waals surface area contributed by atoms with Crippen molar-refractivity contribution in [2.45, 2.75) is 39.0 Å². The van der Waals surface area contributed by atoms with Crippen LogP contribution in [0.15, 0.2) is 40.2 Å². The summed E-state index contributed by atoms with van der Waals surface area (Å²) in [6.45, 7) is 2.19. The quantitative estimate of drug-likeness (QED) is 0.294. The molecule has 0 aliphatic rings. The summed E-state index contributed by atoms with van der Waals surface area (Å²) in [6, 6.07) is 9.10. The van der Waals surface area contributed by atoms with Gasteiger partial charge in [-0.15, -0.1) is 0 Å². The molecule has 0 saturated carbocycles. The van der Waals surface area contributed by atoms with E-state index in [1.165, 1.54) is 19.3 Å². The van der Waals surface area contributed by atoms with Gasteiger partial charge in [0.05, 0.1) is 5.56 Å². The molecule has 3 heteroatoms. The number of unbranched alkanes of at least 4 members (excludes halogenated alkanes) is 3. The molecule has 0 fully saturated rings. The Hall–Kier alpha value is -0.840. The van der Waals surface area contributed by atoms with Crippen LogP contribution >= 0.6 is 22.6 Å². The normalized spacial score (nSPS) is 11.3. The summed E-state index contributed by atoms with van der Waals surface area (Å²) in [6.07, 6.45) is 5.55. The first-order chi connectivity index (χ1) is 8.77. The van der Waals surface area contributed by atoms with Gasteiger partial charge in [0.1, 0.15) is 5.76 Å². The van der Waals surface area contributed by atoms with Crippen molar-refractivity contribution in [1.29, 1.82) is 0 Å². The molecule has 0 heterocycles. The number of benzene rings is 1. The van der Waals surface area contributed by atoms with Gasteiger partial charge >= 0.3 is 5.97 Å². The van der Waals surface area contributed by atoms with Crippen molar-refractivity contribution >= 4 is 28.6 Å². The second-order valence-corrected chi connectivity index (χ2v) is 4.76. The molecular weight excluding hydrogens is 339 g/mol. The van der Waals surface area contributed by atoms with Gasteiger partial charge in [-0.1, -0.05) is 44.4 Å². The standard InChI is InChI=1S/C15H19IO2/c1-2-3-4-8-11-14(12-16)18-15(17)13-9-6-5-7-10-13/h5-7,9-10,12H,2-4,8,11H2,1H3/b14-12-. The minimum Gasteiger partial charge on any atom is -0.427 e. The smallest absolute Gasteiger partial charge is 0.343 e. The predicted octanol–water partition coefficient (Wildman–Crippen LogP) is 5.09. The molecular formula is C15H19IO2. The van der Waals surface area contributed by atoms with Crippen LogP contribution in [0.4, 0.5) is 0 Å². The summed E-state index contributed by atoms with van der Waals surface area (Å²) in [5.41, 5.74) is 0.599. The lowest BCUT2D eigenvalue weighted by Crippen LogP contribution is -2.04. The number of allylic oxidation sites excluding steroid dienone is 1. The Balaban J connectivity index is 2.42. The molecule has 0 bridgehead atoms. The molecule has 0 aromatic heterocycles.